The molecule has 1 N–H and O–H groups in total. The van der Waals surface area contributed by atoms with Gasteiger partial charge in [0.15, 0.2) is 0 Å². The van der Waals surface area contributed by atoms with Gasteiger partial charge >= 0.3 is 0 Å². The fraction of sp³-hybridized carbons (Fsp3) is 0.0952. The van der Waals surface area contributed by atoms with Crippen LogP contribution in [0.25, 0.3) is 6.08 Å². The van der Waals surface area contributed by atoms with E-state index in [-0.39, 0.29) is 34.8 Å². The van der Waals surface area contributed by atoms with E-state index >= 15 is 0 Å². The average Bonchev–Trinajstić information content (AvgIpc) is 2.98. The number of rotatable bonds is 6. The van der Waals surface area contributed by atoms with E-state index in [9.17, 15) is 9.59 Å². The first kappa shape index (κ1) is 22.8. The third kappa shape index (κ3) is 5.86. The van der Waals surface area contributed by atoms with Gasteiger partial charge in [0, 0.05) is 13.0 Å². The molecule has 1 aliphatic heterocycles. The summed E-state index contributed by atoms with van der Waals surface area (Å²) in [5, 5.41) is 3.52. The zero-order chi connectivity index (χ0) is 21.7. The van der Waals surface area contributed by atoms with Crippen LogP contribution in [0, 0.1) is 0 Å². The van der Waals surface area contributed by atoms with Gasteiger partial charge in [0.2, 0.25) is 5.91 Å². The first-order chi connectivity index (χ1) is 14.3. The number of hydrogen-bond acceptors (Lipinski definition) is 4. The lowest BCUT2D eigenvalue weighted by Crippen LogP contribution is -2.31. The molecule has 0 unspecified atom stereocenters. The van der Waals surface area contributed by atoms with Crippen LogP contribution < -0.4 is 5.32 Å². The van der Waals surface area contributed by atoms with Crippen molar-refractivity contribution in [2.45, 2.75) is 6.42 Å². The summed E-state index contributed by atoms with van der Waals surface area (Å²) in [7, 11) is 0. The van der Waals surface area contributed by atoms with Gasteiger partial charge in [-0.3, -0.25) is 14.5 Å². The van der Waals surface area contributed by atoms with Crippen LogP contribution in [0.4, 0.5) is 5.69 Å². The summed E-state index contributed by atoms with van der Waals surface area (Å²) in [4.78, 5) is 26.8. The predicted molar refractivity (Wildman–Crippen MR) is 130 cm³/mol. The maximum atomic E-state index is 12.6. The molecule has 2 amide bonds. The number of halogens is 3. The molecule has 2 aromatic carbocycles. The van der Waals surface area contributed by atoms with E-state index in [4.69, 9.17) is 47.0 Å². The minimum absolute atomic E-state index is 0.0517. The highest BCUT2D eigenvalue weighted by molar-refractivity contribution is 8.26. The van der Waals surface area contributed by atoms with Crippen molar-refractivity contribution < 1.29 is 9.59 Å². The smallest absolute Gasteiger partial charge is 0.266 e. The fourth-order valence-electron chi connectivity index (χ4n) is 2.56. The zero-order valence-corrected chi connectivity index (χ0v) is 19.3. The number of thiocarbonyl (C=S) groups is 1. The molecule has 0 atom stereocenters. The maximum Gasteiger partial charge on any atom is 0.266 e. The van der Waals surface area contributed by atoms with E-state index in [1.165, 1.54) is 28.8 Å². The monoisotopic (exact) mass is 496 g/mol. The van der Waals surface area contributed by atoms with Crippen LogP contribution in [0.1, 0.15) is 12.0 Å². The number of allylic oxidation sites excluding steroid dienone is 2. The second kappa shape index (κ2) is 10.5. The Hall–Kier alpha value is -1.83. The Bertz CT molecular complexity index is 1060. The van der Waals surface area contributed by atoms with Gasteiger partial charge < -0.3 is 5.32 Å². The molecule has 9 heteroatoms. The van der Waals surface area contributed by atoms with Crippen molar-refractivity contribution in [3.8, 4) is 0 Å². The van der Waals surface area contributed by atoms with Crippen molar-refractivity contribution in [1.29, 1.82) is 0 Å². The highest BCUT2D eigenvalue weighted by atomic mass is 35.5. The lowest BCUT2D eigenvalue weighted by molar-refractivity contribution is -0.122. The summed E-state index contributed by atoms with van der Waals surface area (Å²) in [5.74, 6) is -0.541. The molecule has 0 aromatic heterocycles. The third-order valence-corrected chi connectivity index (χ3v) is 6.49. The second-order valence-corrected chi connectivity index (χ2v) is 9.07. The predicted octanol–water partition coefficient (Wildman–Crippen LogP) is 6.43. The third-order valence-electron chi connectivity index (χ3n) is 4.06. The number of hydrogen-bond donors (Lipinski definition) is 1. The Balaban J connectivity index is 1.58. The van der Waals surface area contributed by atoms with Gasteiger partial charge in [0.25, 0.3) is 5.91 Å². The van der Waals surface area contributed by atoms with Gasteiger partial charge in [-0.15, -0.1) is 0 Å². The first-order valence-corrected chi connectivity index (χ1v) is 11.1. The van der Waals surface area contributed by atoms with Gasteiger partial charge in [-0.25, -0.2) is 0 Å². The Morgan fingerprint density at radius 3 is 2.53 bits per heavy atom. The fourth-order valence-corrected chi connectivity index (χ4v) is 4.42. The molecule has 3 rings (SSSR count). The summed E-state index contributed by atoms with van der Waals surface area (Å²) in [6, 6.07) is 12.7. The van der Waals surface area contributed by atoms with Gasteiger partial charge in [-0.2, -0.15) is 0 Å². The molecule has 2 aromatic rings. The Kier molecular flexibility index (Phi) is 7.97. The van der Waals surface area contributed by atoms with Crippen molar-refractivity contribution in [2.75, 3.05) is 11.9 Å². The Morgan fingerprint density at radius 2 is 1.80 bits per heavy atom. The number of thioether (sulfide) groups is 1. The van der Waals surface area contributed by atoms with E-state index in [1.54, 1.807) is 12.2 Å². The Morgan fingerprint density at radius 1 is 1.10 bits per heavy atom. The number of benzene rings is 2. The van der Waals surface area contributed by atoms with Gasteiger partial charge in [-0.1, -0.05) is 101 Å². The standard InChI is InChI=1S/C21H15Cl3N2O2S2/c22-14-11-16(24)17(12-15(14)23)25-19(27)9-10-26-20(28)18(30-21(26)29)8-4-7-13-5-2-1-3-6-13/h1-8,11-12H,9-10H2,(H,25,27)/b7-4+,18-8-. The highest BCUT2D eigenvalue weighted by Gasteiger charge is 2.31. The average molecular weight is 498 g/mol. The van der Waals surface area contributed by atoms with Crippen molar-refractivity contribution in [2.24, 2.45) is 0 Å². The maximum absolute atomic E-state index is 12.6. The van der Waals surface area contributed by atoms with Crippen LogP contribution in [0.3, 0.4) is 0 Å². The molecule has 0 saturated carbocycles. The molecule has 1 aliphatic rings. The highest BCUT2D eigenvalue weighted by Crippen LogP contribution is 2.33. The van der Waals surface area contributed by atoms with Crippen LogP contribution in [-0.4, -0.2) is 27.6 Å². The Labute approximate surface area is 198 Å². The SMILES string of the molecule is O=C(CCN1C(=O)/C(=C/C=C/c2ccccc2)SC1=S)Nc1cc(Cl)c(Cl)cc1Cl. The molecule has 0 radical (unpaired) electrons. The quantitative estimate of drug-likeness (QED) is 0.284. The minimum atomic E-state index is -0.322. The lowest BCUT2D eigenvalue weighted by Gasteiger charge is -2.14. The molecule has 1 fully saturated rings. The van der Waals surface area contributed by atoms with Crippen LogP contribution >= 0.6 is 58.8 Å². The van der Waals surface area contributed by atoms with E-state index in [1.807, 2.05) is 36.4 Å². The van der Waals surface area contributed by atoms with E-state index in [0.29, 0.717) is 19.9 Å². The van der Waals surface area contributed by atoms with Crippen molar-refractivity contribution in [3.05, 3.63) is 80.2 Å². The molecule has 0 spiro atoms. The molecule has 1 saturated heterocycles. The summed E-state index contributed by atoms with van der Waals surface area (Å²) in [6.07, 6.45) is 5.49. The molecule has 4 nitrogen and oxygen atoms in total. The van der Waals surface area contributed by atoms with Crippen LogP contribution in [0.2, 0.25) is 15.1 Å². The molecule has 0 aliphatic carbocycles. The van der Waals surface area contributed by atoms with Gasteiger partial charge in [-0.05, 0) is 23.8 Å². The van der Waals surface area contributed by atoms with E-state index < -0.39 is 0 Å². The van der Waals surface area contributed by atoms with E-state index in [2.05, 4.69) is 5.32 Å². The summed E-state index contributed by atoms with van der Waals surface area (Å²) in [5.41, 5.74) is 1.38. The van der Waals surface area contributed by atoms with Gasteiger partial charge in [0.05, 0.1) is 25.7 Å². The number of nitrogens with zero attached hydrogens (tertiary/aromatic N) is 1. The van der Waals surface area contributed by atoms with Crippen molar-refractivity contribution >= 4 is 86.7 Å². The molecule has 154 valence electrons. The number of carbonyl (C=O) groups excluding carboxylic acids is 2. The molecule has 1 heterocycles. The van der Waals surface area contributed by atoms with Crippen molar-refractivity contribution in [1.82, 2.24) is 4.90 Å². The van der Waals surface area contributed by atoms with Crippen molar-refractivity contribution in [3.63, 3.8) is 0 Å². The number of nitrogens with one attached hydrogen (secondary N) is 1. The number of anilines is 1. The first-order valence-electron chi connectivity index (χ1n) is 8.76. The number of carbonyl (C=O) groups is 2. The summed E-state index contributed by atoms with van der Waals surface area (Å²) >= 11 is 24.4. The van der Waals surface area contributed by atoms with Crippen LogP contribution in [0.5, 0.6) is 0 Å². The molecule has 0 bridgehead atoms. The molecular formula is C21H15Cl3N2O2S2. The zero-order valence-electron chi connectivity index (χ0n) is 15.4. The number of amides is 2. The molecular weight excluding hydrogens is 483 g/mol. The summed E-state index contributed by atoms with van der Waals surface area (Å²) in [6.45, 7) is 0.162. The second-order valence-electron chi connectivity index (χ2n) is 6.17. The van der Waals surface area contributed by atoms with E-state index in [0.717, 1.165) is 5.56 Å². The normalized spacial score (nSPS) is 15.4. The van der Waals surface area contributed by atoms with Crippen LogP contribution in [0.15, 0.2) is 59.5 Å². The lowest BCUT2D eigenvalue weighted by atomic mass is 10.2. The summed E-state index contributed by atoms with van der Waals surface area (Å²) < 4.78 is 0.416. The molecule has 30 heavy (non-hydrogen) atoms. The minimum Gasteiger partial charge on any atom is -0.325 e. The van der Waals surface area contributed by atoms with Crippen LogP contribution in [-0.2, 0) is 9.59 Å². The largest absolute Gasteiger partial charge is 0.325 e. The van der Waals surface area contributed by atoms with Gasteiger partial charge in [0.1, 0.15) is 4.32 Å². The topological polar surface area (TPSA) is 49.4 Å².